The number of nitrogens with zero attached hydrogens (tertiary/aromatic N) is 5. The zero-order valence-electron chi connectivity index (χ0n) is 22.3. The van der Waals surface area contributed by atoms with Gasteiger partial charge in [-0.3, -0.25) is 9.36 Å². The highest BCUT2D eigenvalue weighted by atomic mass is 35.5. The minimum absolute atomic E-state index is 0.218. The quantitative estimate of drug-likeness (QED) is 0.332. The number of hydrogen-bond donors (Lipinski definition) is 0. The lowest BCUT2D eigenvalue weighted by atomic mass is 9.95. The average molecular weight is 562 g/mol. The minimum Gasteiger partial charge on any atom is -0.463 e. The molecule has 4 aromatic rings. The second-order valence-electron chi connectivity index (χ2n) is 9.33. The molecular formula is C29H28ClN5O3S. The molecule has 2 aromatic carbocycles. The van der Waals surface area contributed by atoms with E-state index in [1.807, 2.05) is 80.5 Å². The Balaban J connectivity index is 1.69. The number of benzene rings is 2. The molecule has 10 heteroatoms. The van der Waals surface area contributed by atoms with Crippen molar-refractivity contribution in [2.75, 3.05) is 25.6 Å². The van der Waals surface area contributed by atoms with Crippen LogP contribution in [0.4, 0.5) is 5.69 Å². The summed E-state index contributed by atoms with van der Waals surface area (Å²) >= 11 is 8.00. The van der Waals surface area contributed by atoms with Crippen molar-refractivity contribution in [2.24, 2.45) is 4.99 Å². The molecule has 8 nitrogen and oxygen atoms in total. The molecule has 0 saturated carbocycles. The van der Waals surface area contributed by atoms with E-state index in [2.05, 4.69) is 10.1 Å². The lowest BCUT2D eigenvalue weighted by molar-refractivity contribution is -0.139. The number of aromatic nitrogens is 3. The Hall–Kier alpha value is -3.95. The van der Waals surface area contributed by atoms with E-state index in [9.17, 15) is 9.59 Å². The van der Waals surface area contributed by atoms with Gasteiger partial charge in [-0.15, -0.1) is 0 Å². The first-order valence-corrected chi connectivity index (χ1v) is 13.7. The molecule has 1 atom stereocenters. The van der Waals surface area contributed by atoms with Gasteiger partial charge in [0, 0.05) is 25.3 Å². The summed E-state index contributed by atoms with van der Waals surface area (Å²) < 4.78 is 9.05. The number of ether oxygens (including phenoxy) is 1. The number of hydrogen-bond acceptors (Lipinski definition) is 7. The van der Waals surface area contributed by atoms with Gasteiger partial charge in [0.05, 0.1) is 39.8 Å². The van der Waals surface area contributed by atoms with E-state index in [0.29, 0.717) is 37.0 Å². The number of halogens is 1. The summed E-state index contributed by atoms with van der Waals surface area (Å²) in [5.41, 5.74) is 4.56. The highest BCUT2D eigenvalue weighted by molar-refractivity contribution is 7.07. The third kappa shape index (κ3) is 4.84. The van der Waals surface area contributed by atoms with E-state index < -0.39 is 12.0 Å². The Morgan fingerprint density at radius 2 is 1.82 bits per heavy atom. The van der Waals surface area contributed by atoms with Gasteiger partial charge in [0.15, 0.2) is 4.80 Å². The fourth-order valence-electron chi connectivity index (χ4n) is 4.61. The molecule has 1 aliphatic rings. The summed E-state index contributed by atoms with van der Waals surface area (Å²) in [6.07, 6.45) is 1.75. The van der Waals surface area contributed by atoms with Gasteiger partial charge in [-0.05, 0) is 56.7 Å². The molecule has 0 radical (unpaired) electrons. The lowest BCUT2D eigenvalue weighted by Gasteiger charge is -2.25. The van der Waals surface area contributed by atoms with Gasteiger partial charge in [-0.25, -0.2) is 14.5 Å². The average Bonchev–Trinajstić information content (AvgIpc) is 3.38. The summed E-state index contributed by atoms with van der Waals surface area (Å²) in [7, 11) is 3.92. The van der Waals surface area contributed by atoms with Crippen LogP contribution in [-0.2, 0) is 9.53 Å². The van der Waals surface area contributed by atoms with Crippen molar-refractivity contribution < 1.29 is 9.53 Å². The van der Waals surface area contributed by atoms with E-state index in [4.69, 9.17) is 16.3 Å². The van der Waals surface area contributed by atoms with Crippen LogP contribution in [0.5, 0.6) is 0 Å². The Morgan fingerprint density at radius 3 is 2.46 bits per heavy atom. The van der Waals surface area contributed by atoms with Gasteiger partial charge in [-0.2, -0.15) is 5.10 Å². The maximum Gasteiger partial charge on any atom is 0.338 e. The topological polar surface area (TPSA) is 81.7 Å². The maximum atomic E-state index is 13.9. The smallest absolute Gasteiger partial charge is 0.338 e. The highest BCUT2D eigenvalue weighted by Gasteiger charge is 2.33. The second-order valence-corrected chi connectivity index (χ2v) is 10.7. The van der Waals surface area contributed by atoms with Crippen molar-refractivity contribution in [3.05, 3.63) is 108 Å². The van der Waals surface area contributed by atoms with Gasteiger partial charge in [0.25, 0.3) is 5.56 Å². The summed E-state index contributed by atoms with van der Waals surface area (Å²) in [6, 6.07) is 16.7. The van der Waals surface area contributed by atoms with Crippen LogP contribution in [0.15, 0.2) is 75.7 Å². The molecular weight excluding hydrogens is 534 g/mol. The van der Waals surface area contributed by atoms with Crippen LogP contribution < -0.4 is 19.8 Å². The molecule has 0 saturated heterocycles. The molecule has 1 aliphatic heterocycles. The molecule has 0 amide bonds. The van der Waals surface area contributed by atoms with Crippen molar-refractivity contribution in [1.82, 2.24) is 14.3 Å². The monoisotopic (exact) mass is 561 g/mol. The molecule has 0 bridgehead atoms. The molecule has 5 rings (SSSR count). The molecule has 1 unspecified atom stereocenters. The fraction of sp³-hybridized carbons (Fsp3) is 0.241. The number of fused-ring (bicyclic) bond motifs is 1. The van der Waals surface area contributed by atoms with Crippen LogP contribution in [0.2, 0.25) is 5.15 Å². The number of aryl methyl sites for hydroxylation is 1. The molecule has 0 spiro atoms. The number of para-hydroxylation sites is 1. The predicted molar refractivity (Wildman–Crippen MR) is 154 cm³/mol. The minimum atomic E-state index is -0.678. The number of carbonyl (C=O) groups excluding carboxylic acids is 1. The van der Waals surface area contributed by atoms with Crippen molar-refractivity contribution in [2.45, 2.75) is 26.8 Å². The molecule has 0 N–H and O–H groups in total. The SMILES string of the molecule is CCOC(=O)C1=C(C)N=c2sc(=Cc3c(C)nn(-c4ccccc4)c3Cl)c(=O)n2C1c1ccc(N(C)C)cc1. The molecule has 39 heavy (non-hydrogen) atoms. The van der Waals surface area contributed by atoms with Gasteiger partial charge in [-0.1, -0.05) is 53.3 Å². The van der Waals surface area contributed by atoms with E-state index in [1.165, 1.54) is 11.3 Å². The van der Waals surface area contributed by atoms with E-state index >= 15 is 0 Å². The number of thiazole rings is 1. The van der Waals surface area contributed by atoms with E-state index in [1.54, 1.807) is 29.2 Å². The van der Waals surface area contributed by atoms with Crippen LogP contribution in [0, 0.1) is 6.92 Å². The molecule has 0 aliphatic carbocycles. The first-order chi connectivity index (χ1) is 18.7. The number of rotatable bonds is 6. The zero-order valence-corrected chi connectivity index (χ0v) is 23.9. The number of allylic oxidation sites excluding steroid dienone is 1. The fourth-order valence-corrected chi connectivity index (χ4v) is 5.96. The Morgan fingerprint density at radius 1 is 1.13 bits per heavy atom. The van der Waals surface area contributed by atoms with E-state index in [0.717, 1.165) is 16.9 Å². The number of anilines is 1. The summed E-state index contributed by atoms with van der Waals surface area (Å²) in [5, 5.41) is 5.00. The molecule has 0 fully saturated rings. The van der Waals surface area contributed by atoms with Crippen molar-refractivity contribution in [3.8, 4) is 5.69 Å². The third-order valence-electron chi connectivity index (χ3n) is 6.57. The third-order valence-corrected chi connectivity index (χ3v) is 7.91. The van der Waals surface area contributed by atoms with Crippen LogP contribution in [0.3, 0.4) is 0 Å². The van der Waals surface area contributed by atoms with Gasteiger partial charge in [0.1, 0.15) is 5.15 Å². The van der Waals surface area contributed by atoms with E-state index in [-0.39, 0.29) is 12.2 Å². The Bertz CT molecular complexity index is 1770. The van der Waals surface area contributed by atoms with Crippen LogP contribution in [-0.4, -0.2) is 41.0 Å². The maximum absolute atomic E-state index is 13.9. The van der Waals surface area contributed by atoms with Crippen molar-refractivity contribution in [3.63, 3.8) is 0 Å². The summed E-state index contributed by atoms with van der Waals surface area (Å²) in [5.74, 6) is -0.488. The summed E-state index contributed by atoms with van der Waals surface area (Å²) in [6.45, 7) is 5.60. The first-order valence-electron chi connectivity index (χ1n) is 12.5. The van der Waals surface area contributed by atoms with Gasteiger partial charge < -0.3 is 9.64 Å². The van der Waals surface area contributed by atoms with Crippen LogP contribution in [0.1, 0.15) is 36.7 Å². The Labute approximate surface area is 234 Å². The van der Waals surface area contributed by atoms with Gasteiger partial charge in [0.2, 0.25) is 0 Å². The highest BCUT2D eigenvalue weighted by Crippen LogP contribution is 2.32. The van der Waals surface area contributed by atoms with Crippen molar-refractivity contribution >= 4 is 40.7 Å². The lowest BCUT2D eigenvalue weighted by Crippen LogP contribution is -2.40. The standard InChI is InChI=1S/C29H28ClN5O3S/c1-6-38-28(37)24-18(3)31-29-34(25(24)19-12-14-20(15-13-19)33(4)5)27(36)23(39-29)16-22-17(2)32-35(26(22)30)21-10-8-7-9-11-21/h7-16,25H,6H2,1-5H3. The largest absolute Gasteiger partial charge is 0.463 e. The Kier molecular flexibility index (Phi) is 7.29. The molecule has 2 aromatic heterocycles. The van der Waals surface area contributed by atoms with Crippen molar-refractivity contribution in [1.29, 1.82) is 0 Å². The van der Waals surface area contributed by atoms with Gasteiger partial charge >= 0.3 is 5.97 Å². The summed E-state index contributed by atoms with van der Waals surface area (Å²) in [4.78, 5) is 34.2. The first kappa shape index (κ1) is 26.6. The van der Waals surface area contributed by atoms with Crippen LogP contribution in [0.25, 0.3) is 11.8 Å². The second kappa shape index (κ2) is 10.7. The number of carbonyl (C=O) groups is 1. The normalized spacial score (nSPS) is 15.2. The zero-order chi connectivity index (χ0) is 27.8. The van der Waals surface area contributed by atoms with Crippen LogP contribution >= 0.6 is 22.9 Å². The molecule has 200 valence electrons. The number of esters is 1. The molecule has 3 heterocycles. The predicted octanol–water partition coefficient (Wildman–Crippen LogP) is 4.01.